The van der Waals surface area contributed by atoms with Crippen molar-refractivity contribution in [3.05, 3.63) is 69.1 Å². The Hall–Kier alpha value is -2.04. The molecule has 0 saturated carbocycles. The van der Waals surface area contributed by atoms with Gasteiger partial charge in [0.2, 0.25) is 0 Å². The van der Waals surface area contributed by atoms with Gasteiger partial charge in [-0.05, 0) is 66.6 Å². The molecular formula is C18H15ClN2OS. The first-order valence-corrected chi connectivity index (χ1v) is 8.34. The maximum atomic E-state index is 12.1. The Kier molecular flexibility index (Phi) is 4.55. The molecule has 23 heavy (non-hydrogen) atoms. The summed E-state index contributed by atoms with van der Waals surface area (Å²) in [6, 6.07) is 13.4. The van der Waals surface area contributed by atoms with E-state index < -0.39 is 0 Å². The second-order valence-corrected chi connectivity index (χ2v) is 6.71. The van der Waals surface area contributed by atoms with Gasteiger partial charge in [0.25, 0.3) is 5.91 Å². The van der Waals surface area contributed by atoms with E-state index in [4.69, 9.17) is 11.6 Å². The lowest BCUT2D eigenvalue weighted by Crippen LogP contribution is -2.19. The highest BCUT2D eigenvalue weighted by Crippen LogP contribution is 2.30. The highest BCUT2D eigenvalue weighted by molar-refractivity contribution is 8.18. The van der Waals surface area contributed by atoms with Crippen molar-refractivity contribution in [2.75, 3.05) is 0 Å². The van der Waals surface area contributed by atoms with Gasteiger partial charge in [-0.15, -0.1) is 0 Å². The molecule has 1 amide bonds. The first-order chi connectivity index (χ1) is 11.0. The van der Waals surface area contributed by atoms with Crippen LogP contribution in [0.5, 0.6) is 0 Å². The maximum Gasteiger partial charge on any atom is 0.264 e. The van der Waals surface area contributed by atoms with Crippen LogP contribution in [0.1, 0.15) is 16.7 Å². The van der Waals surface area contributed by atoms with E-state index in [0.717, 1.165) is 11.3 Å². The molecule has 5 heteroatoms. The number of benzene rings is 2. The number of aryl methyl sites for hydroxylation is 2. The van der Waals surface area contributed by atoms with Gasteiger partial charge in [0, 0.05) is 5.02 Å². The molecule has 0 aliphatic carbocycles. The Morgan fingerprint density at radius 3 is 2.65 bits per heavy atom. The zero-order valence-electron chi connectivity index (χ0n) is 12.8. The molecule has 1 N–H and O–H groups in total. The van der Waals surface area contributed by atoms with Gasteiger partial charge in [0.15, 0.2) is 5.17 Å². The molecule has 1 fully saturated rings. The molecule has 3 nitrogen and oxygen atoms in total. The monoisotopic (exact) mass is 342 g/mol. The quantitative estimate of drug-likeness (QED) is 0.793. The van der Waals surface area contributed by atoms with Crippen LogP contribution in [-0.2, 0) is 4.79 Å². The summed E-state index contributed by atoms with van der Waals surface area (Å²) in [5.74, 6) is -0.155. The van der Waals surface area contributed by atoms with Gasteiger partial charge in [-0.25, -0.2) is 4.99 Å². The van der Waals surface area contributed by atoms with Gasteiger partial charge in [-0.3, -0.25) is 4.79 Å². The average Bonchev–Trinajstić information content (AvgIpc) is 2.85. The van der Waals surface area contributed by atoms with E-state index in [-0.39, 0.29) is 5.91 Å². The van der Waals surface area contributed by atoms with Crippen molar-refractivity contribution in [2.24, 2.45) is 4.99 Å². The third-order valence-corrected chi connectivity index (χ3v) is 4.82. The Balaban J connectivity index is 1.86. The number of nitrogens with zero attached hydrogens (tertiary/aromatic N) is 1. The Morgan fingerprint density at radius 2 is 1.91 bits per heavy atom. The summed E-state index contributed by atoms with van der Waals surface area (Å²) >= 11 is 7.45. The maximum absolute atomic E-state index is 12.1. The number of nitrogens with one attached hydrogen (secondary N) is 1. The molecule has 2 aromatic rings. The molecule has 1 aliphatic rings. The van der Waals surface area contributed by atoms with Crippen molar-refractivity contribution in [1.29, 1.82) is 0 Å². The van der Waals surface area contributed by atoms with Crippen LogP contribution in [0.15, 0.2) is 52.4 Å². The number of aliphatic imine (C=N–C) groups is 1. The number of halogens is 1. The SMILES string of the molecule is Cc1ccc(N=C2NC(=O)/C(=C/c3ccccc3Cl)S2)cc1C. The number of rotatable bonds is 2. The van der Waals surface area contributed by atoms with Crippen molar-refractivity contribution in [1.82, 2.24) is 5.32 Å². The molecule has 0 aromatic heterocycles. The lowest BCUT2D eigenvalue weighted by molar-refractivity contribution is -0.115. The van der Waals surface area contributed by atoms with Crippen molar-refractivity contribution in [3.63, 3.8) is 0 Å². The number of carbonyl (C=O) groups excluding carboxylic acids is 1. The molecular weight excluding hydrogens is 328 g/mol. The minimum absolute atomic E-state index is 0.155. The summed E-state index contributed by atoms with van der Waals surface area (Å²) in [4.78, 5) is 17.2. The molecule has 0 unspecified atom stereocenters. The van der Waals surface area contributed by atoms with Crippen LogP contribution in [-0.4, -0.2) is 11.1 Å². The number of amidine groups is 1. The smallest absolute Gasteiger partial charge is 0.264 e. The number of thioether (sulfide) groups is 1. The molecule has 1 aliphatic heterocycles. The van der Waals surface area contributed by atoms with Crippen LogP contribution in [0.25, 0.3) is 6.08 Å². The van der Waals surface area contributed by atoms with E-state index in [1.807, 2.05) is 43.3 Å². The van der Waals surface area contributed by atoms with E-state index in [2.05, 4.69) is 17.2 Å². The molecule has 2 aromatic carbocycles. The topological polar surface area (TPSA) is 41.5 Å². The fourth-order valence-corrected chi connectivity index (χ4v) is 3.15. The van der Waals surface area contributed by atoms with E-state index in [1.54, 1.807) is 12.1 Å². The van der Waals surface area contributed by atoms with Crippen molar-refractivity contribution < 1.29 is 4.79 Å². The van der Waals surface area contributed by atoms with Crippen LogP contribution < -0.4 is 5.32 Å². The zero-order valence-corrected chi connectivity index (χ0v) is 14.3. The van der Waals surface area contributed by atoms with Gasteiger partial charge in [0.1, 0.15) is 0 Å². The van der Waals surface area contributed by atoms with E-state index in [9.17, 15) is 4.79 Å². The van der Waals surface area contributed by atoms with Crippen molar-refractivity contribution in [3.8, 4) is 0 Å². The summed E-state index contributed by atoms with van der Waals surface area (Å²) in [5.41, 5.74) is 4.04. The Bertz CT molecular complexity index is 843. The standard InChI is InChI=1S/C18H15ClN2OS/c1-11-7-8-14(9-12(11)2)20-18-21-17(22)16(23-18)10-13-5-3-4-6-15(13)19/h3-10H,1-2H3,(H,20,21,22)/b16-10-. The first kappa shape index (κ1) is 15.8. The highest BCUT2D eigenvalue weighted by atomic mass is 35.5. The zero-order chi connectivity index (χ0) is 16.4. The lowest BCUT2D eigenvalue weighted by Gasteiger charge is -2.01. The van der Waals surface area contributed by atoms with Gasteiger partial charge >= 0.3 is 0 Å². The lowest BCUT2D eigenvalue weighted by atomic mass is 10.1. The van der Waals surface area contributed by atoms with Gasteiger partial charge < -0.3 is 5.32 Å². The minimum Gasteiger partial charge on any atom is -0.300 e. The van der Waals surface area contributed by atoms with Crippen molar-refractivity contribution in [2.45, 2.75) is 13.8 Å². The van der Waals surface area contributed by atoms with Gasteiger partial charge in [-0.1, -0.05) is 35.9 Å². The molecule has 116 valence electrons. The van der Waals surface area contributed by atoms with Crippen LogP contribution in [0.4, 0.5) is 5.69 Å². The second kappa shape index (κ2) is 6.60. The van der Waals surface area contributed by atoms with E-state index >= 15 is 0 Å². The van der Waals surface area contributed by atoms with E-state index in [1.165, 1.54) is 22.9 Å². The number of hydrogen-bond acceptors (Lipinski definition) is 3. The second-order valence-electron chi connectivity index (χ2n) is 5.27. The van der Waals surface area contributed by atoms with Crippen molar-refractivity contribution >= 4 is 46.2 Å². The molecule has 0 bridgehead atoms. The number of carbonyl (C=O) groups is 1. The first-order valence-electron chi connectivity index (χ1n) is 7.14. The largest absolute Gasteiger partial charge is 0.300 e. The van der Waals surface area contributed by atoms with Gasteiger partial charge in [-0.2, -0.15) is 0 Å². The third kappa shape index (κ3) is 3.66. The predicted octanol–water partition coefficient (Wildman–Crippen LogP) is 4.85. The van der Waals surface area contributed by atoms with Crippen LogP contribution in [0.3, 0.4) is 0 Å². The predicted molar refractivity (Wildman–Crippen MR) is 98.2 cm³/mol. The summed E-state index contributed by atoms with van der Waals surface area (Å²) in [7, 11) is 0. The van der Waals surface area contributed by atoms with Crippen LogP contribution >= 0.6 is 23.4 Å². The molecule has 3 rings (SSSR count). The average molecular weight is 343 g/mol. The molecule has 0 atom stereocenters. The molecule has 1 saturated heterocycles. The molecule has 1 heterocycles. The fraction of sp³-hybridized carbons (Fsp3) is 0.111. The van der Waals surface area contributed by atoms with Crippen LogP contribution in [0, 0.1) is 13.8 Å². The Labute approximate surface area is 144 Å². The van der Waals surface area contributed by atoms with Gasteiger partial charge in [0.05, 0.1) is 10.6 Å². The summed E-state index contributed by atoms with van der Waals surface area (Å²) in [5, 5.41) is 3.99. The number of amides is 1. The third-order valence-electron chi connectivity index (χ3n) is 3.56. The summed E-state index contributed by atoms with van der Waals surface area (Å²) in [6.07, 6.45) is 1.78. The normalized spacial score (nSPS) is 17.8. The summed E-state index contributed by atoms with van der Waals surface area (Å²) in [6.45, 7) is 4.10. The fourth-order valence-electron chi connectivity index (χ4n) is 2.13. The van der Waals surface area contributed by atoms with E-state index in [0.29, 0.717) is 15.1 Å². The Morgan fingerprint density at radius 1 is 1.13 bits per heavy atom. The summed E-state index contributed by atoms with van der Waals surface area (Å²) < 4.78 is 0. The molecule has 0 spiro atoms. The number of hydrogen-bond donors (Lipinski definition) is 1. The van der Waals surface area contributed by atoms with Crippen LogP contribution in [0.2, 0.25) is 5.02 Å². The minimum atomic E-state index is -0.155. The molecule has 0 radical (unpaired) electrons. The highest BCUT2D eigenvalue weighted by Gasteiger charge is 2.24.